The molecule has 1 fully saturated rings. The van der Waals surface area contributed by atoms with Crippen LogP contribution < -0.4 is 10.6 Å². The maximum atomic E-state index is 12.6. The molecule has 1 aromatic heterocycles. The van der Waals surface area contributed by atoms with E-state index in [0.717, 1.165) is 23.7 Å². The molecule has 3 N–H and O–H groups in total. The highest BCUT2D eigenvalue weighted by Crippen LogP contribution is 2.28. The van der Waals surface area contributed by atoms with Crippen LogP contribution in [0.1, 0.15) is 51.0 Å². The molecule has 0 aliphatic carbocycles. The summed E-state index contributed by atoms with van der Waals surface area (Å²) in [5, 5.41) is 14.8. The summed E-state index contributed by atoms with van der Waals surface area (Å²) < 4.78 is 0. The Morgan fingerprint density at radius 2 is 1.82 bits per heavy atom. The minimum absolute atomic E-state index is 0.00728. The Balaban J connectivity index is 1.79. The van der Waals surface area contributed by atoms with Gasteiger partial charge in [-0.25, -0.2) is 0 Å². The number of amides is 1. The van der Waals surface area contributed by atoms with Crippen LogP contribution in [-0.2, 0) is 0 Å². The zero-order valence-electron chi connectivity index (χ0n) is 13.7. The number of benzene rings is 1. The Labute approximate surface area is 130 Å². The van der Waals surface area contributed by atoms with Gasteiger partial charge >= 0.3 is 0 Å². The number of H-pyrrole nitrogens is 1. The van der Waals surface area contributed by atoms with Crippen molar-refractivity contribution in [1.29, 1.82) is 0 Å². The summed E-state index contributed by atoms with van der Waals surface area (Å²) in [5.41, 5.74) is 1.38. The highest BCUT2D eigenvalue weighted by molar-refractivity contribution is 6.04. The van der Waals surface area contributed by atoms with E-state index in [9.17, 15) is 4.79 Å². The quantitative estimate of drug-likeness (QED) is 0.798. The number of nitrogens with zero attached hydrogens (tertiary/aromatic N) is 1. The van der Waals surface area contributed by atoms with Gasteiger partial charge in [-0.05, 0) is 46.6 Å². The Morgan fingerprint density at radius 3 is 2.50 bits per heavy atom. The highest BCUT2D eigenvalue weighted by atomic mass is 16.2. The molecule has 5 nitrogen and oxygen atoms in total. The van der Waals surface area contributed by atoms with Crippen molar-refractivity contribution in [3.8, 4) is 0 Å². The molecule has 0 unspecified atom stereocenters. The van der Waals surface area contributed by atoms with Crippen LogP contribution >= 0.6 is 0 Å². The predicted octanol–water partition coefficient (Wildman–Crippen LogP) is 2.60. The molecule has 0 atom stereocenters. The molecule has 2 heterocycles. The SMILES string of the molecule is CC1(C)CC(NC(=O)c2n[nH]c3ccccc23)CC(C)(C)N1. The lowest BCUT2D eigenvalue weighted by Crippen LogP contribution is -2.62. The number of aromatic nitrogens is 2. The molecule has 1 aliphatic heterocycles. The third-order valence-corrected chi connectivity index (χ3v) is 4.21. The monoisotopic (exact) mass is 300 g/mol. The molecule has 1 amide bonds. The zero-order valence-corrected chi connectivity index (χ0v) is 13.7. The largest absolute Gasteiger partial charge is 0.348 e. The average Bonchev–Trinajstić information content (AvgIpc) is 2.78. The Bertz CT molecular complexity index is 686. The van der Waals surface area contributed by atoms with Gasteiger partial charge in [0.1, 0.15) is 0 Å². The van der Waals surface area contributed by atoms with Crippen molar-refractivity contribution in [2.24, 2.45) is 0 Å². The molecule has 0 radical (unpaired) electrons. The normalized spacial score (nSPS) is 20.9. The second-order valence-corrected chi connectivity index (χ2v) is 7.59. The van der Waals surface area contributed by atoms with Gasteiger partial charge in [-0.2, -0.15) is 5.10 Å². The van der Waals surface area contributed by atoms with Gasteiger partial charge < -0.3 is 10.6 Å². The second kappa shape index (κ2) is 5.09. The fraction of sp³-hybridized carbons (Fsp3) is 0.529. The molecular weight excluding hydrogens is 276 g/mol. The molecular formula is C17H24N4O. The molecule has 0 saturated carbocycles. The van der Waals surface area contributed by atoms with Crippen LogP contribution in [0.3, 0.4) is 0 Å². The summed E-state index contributed by atoms with van der Waals surface area (Å²) in [6.45, 7) is 8.71. The number of piperidine rings is 1. The molecule has 1 saturated heterocycles. The van der Waals surface area contributed by atoms with Crippen molar-refractivity contribution in [3.63, 3.8) is 0 Å². The molecule has 1 aromatic carbocycles. The van der Waals surface area contributed by atoms with Crippen molar-refractivity contribution < 1.29 is 4.79 Å². The lowest BCUT2D eigenvalue weighted by molar-refractivity contribution is 0.0870. The van der Waals surface area contributed by atoms with E-state index >= 15 is 0 Å². The van der Waals surface area contributed by atoms with E-state index in [2.05, 4.69) is 48.5 Å². The summed E-state index contributed by atoms with van der Waals surface area (Å²) >= 11 is 0. The maximum absolute atomic E-state index is 12.6. The summed E-state index contributed by atoms with van der Waals surface area (Å²) in [4.78, 5) is 12.6. The smallest absolute Gasteiger partial charge is 0.272 e. The van der Waals surface area contributed by atoms with Gasteiger partial charge in [0.2, 0.25) is 0 Å². The summed E-state index contributed by atoms with van der Waals surface area (Å²) in [6, 6.07) is 7.85. The van der Waals surface area contributed by atoms with Gasteiger partial charge in [-0.1, -0.05) is 18.2 Å². The van der Waals surface area contributed by atoms with Crippen LogP contribution in [0, 0.1) is 0 Å². The number of carbonyl (C=O) groups excluding carboxylic acids is 1. The first-order valence-corrected chi connectivity index (χ1v) is 7.79. The number of hydrogen-bond donors (Lipinski definition) is 3. The van der Waals surface area contributed by atoms with Crippen molar-refractivity contribution in [3.05, 3.63) is 30.0 Å². The molecule has 1 aliphatic rings. The Hall–Kier alpha value is -1.88. The highest BCUT2D eigenvalue weighted by Gasteiger charge is 2.38. The fourth-order valence-electron chi connectivity index (χ4n) is 3.81. The molecule has 5 heteroatoms. The summed E-state index contributed by atoms with van der Waals surface area (Å²) in [7, 11) is 0. The van der Waals surface area contributed by atoms with E-state index in [4.69, 9.17) is 0 Å². The third kappa shape index (κ3) is 2.99. The van der Waals surface area contributed by atoms with Gasteiger partial charge in [0, 0.05) is 22.5 Å². The number of nitrogens with one attached hydrogen (secondary N) is 3. The number of rotatable bonds is 2. The van der Waals surface area contributed by atoms with Crippen LogP contribution in [-0.4, -0.2) is 33.2 Å². The number of fused-ring (bicyclic) bond motifs is 1. The first kappa shape index (κ1) is 15.0. The number of hydrogen-bond acceptors (Lipinski definition) is 3. The van der Waals surface area contributed by atoms with Crippen molar-refractivity contribution in [2.45, 2.75) is 57.7 Å². The van der Waals surface area contributed by atoms with E-state index in [0.29, 0.717) is 5.69 Å². The third-order valence-electron chi connectivity index (χ3n) is 4.21. The summed E-state index contributed by atoms with van der Waals surface area (Å²) in [5.74, 6) is -0.101. The maximum Gasteiger partial charge on any atom is 0.272 e. The van der Waals surface area contributed by atoms with Crippen molar-refractivity contribution in [1.82, 2.24) is 20.8 Å². The molecule has 3 rings (SSSR count). The van der Waals surface area contributed by atoms with Crippen molar-refractivity contribution in [2.75, 3.05) is 0 Å². The van der Waals surface area contributed by atoms with Gasteiger partial charge in [0.25, 0.3) is 5.91 Å². The van der Waals surface area contributed by atoms with Gasteiger partial charge in [-0.15, -0.1) is 0 Å². The van der Waals surface area contributed by atoms with E-state index in [1.165, 1.54) is 0 Å². The lowest BCUT2D eigenvalue weighted by Gasteiger charge is -2.46. The van der Waals surface area contributed by atoms with E-state index in [-0.39, 0.29) is 23.0 Å². The molecule has 0 spiro atoms. The van der Waals surface area contributed by atoms with Crippen LogP contribution in [0.15, 0.2) is 24.3 Å². The number of para-hydroxylation sites is 1. The van der Waals surface area contributed by atoms with Crippen LogP contribution in [0.5, 0.6) is 0 Å². The lowest BCUT2D eigenvalue weighted by atomic mass is 9.79. The standard InChI is InChI=1S/C17H24N4O/c1-16(2)9-11(10-17(3,4)21-16)18-15(22)14-12-7-5-6-8-13(12)19-20-14/h5-8,11,21H,9-10H2,1-4H3,(H,18,22)(H,19,20). The van der Waals surface area contributed by atoms with Crippen LogP contribution in [0.2, 0.25) is 0 Å². The van der Waals surface area contributed by atoms with E-state index < -0.39 is 0 Å². The minimum Gasteiger partial charge on any atom is -0.348 e. The Morgan fingerprint density at radius 1 is 1.18 bits per heavy atom. The first-order valence-electron chi connectivity index (χ1n) is 7.79. The topological polar surface area (TPSA) is 69.8 Å². The fourth-order valence-corrected chi connectivity index (χ4v) is 3.81. The molecule has 0 bridgehead atoms. The van der Waals surface area contributed by atoms with E-state index in [1.807, 2.05) is 24.3 Å². The van der Waals surface area contributed by atoms with Gasteiger partial charge in [0.15, 0.2) is 5.69 Å². The Kier molecular flexibility index (Phi) is 3.48. The van der Waals surface area contributed by atoms with E-state index in [1.54, 1.807) is 0 Å². The van der Waals surface area contributed by atoms with Crippen molar-refractivity contribution >= 4 is 16.8 Å². The number of aromatic amines is 1. The average molecular weight is 300 g/mol. The first-order chi connectivity index (χ1) is 10.3. The second-order valence-electron chi connectivity index (χ2n) is 7.59. The zero-order chi connectivity index (χ0) is 16.0. The summed E-state index contributed by atoms with van der Waals surface area (Å²) in [6.07, 6.45) is 1.81. The molecule has 22 heavy (non-hydrogen) atoms. The predicted molar refractivity (Wildman–Crippen MR) is 87.9 cm³/mol. The molecule has 118 valence electrons. The van der Waals surface area contributed by atoms with Crippen LogP contribution in [0.4, 0.5) is 0 Å². The van der Waals surface area contributed by atoms with Crippen LogP contribution in [0.25, 0.3) is 10.9 Å². The molecule has 2 aromatic rings. The number of carbonyl (C=O) groups is 1. The van der Waals surface area contributed by atoms with Gasteiger partial charge in [-0.3, -0.25) is 9.89 Å². The van der Waals surface area contributed by atoms with Gasteiger partial charge in [0.05, 0.1) is 5.52 Å². The minimum atomic E-state index is -0.101.